The Morgan fingerprint density at radius 2 is 2.15 bits per heavy atom. The maximum atomic E-state index is 5.49. The van der Waals surface area contributed by atoms with E-state index < -0.39 is 0 Å². The molecule has 108 valence electrons. The molecule has 0 bridgehead atoms. The molecule has 0 spiro atoms. The van der Waals surface area contributed by atoms with Crippen LogP contribution in [0.5, 0.6) is 0 Å². The fraction of sp³-hybridized carbons (Fsp3) is 0.500. The Morgan fingerprint density at radius 3 is 2.95 bits per heavy atom. The standard InChI is InChI=1S/C14H19BrN4S/c1-17-5-6-18(2)11(8-17)9-19-13-4-3-10(15)7-12(13)16-14(19)20/h3-4,7,11H,5-6,8-9H2,1-2H3,(H,16,20). The van der Waals surface area contributed by atoms with Gasteiger partial charge in [-0.1, -0.05) is 15.9 Å². The van der Waals surface area contributed by atoms with E-state index in [2.05, 4.69) is 67.6 Å². The summed E-state index contributed by atoms with van der Waals surface area (Å²) in [4.78, 5) is 8.12. The molecule has 1 aliphatic rings. The molecule has 1 aromatic carbocycles. The number of H-pyrrole nitrogens is 1. The quantitative estimate of drug-likeness (QED) is 0.840. The number of imidazole rings is 1. The van der Waals surface area contributed by atoms with Crippen molar-refractivity contribution >= 4 is 39.2 Å². The van der Waals surface area contributed by atoms with Gasteiger partial charge in [-0.05, 0) is 44.5 Å². The maximum absolute atomic E-state index is 5.49. The Hall–Kier alpha value is -0.690. The Bertz CT molecular complexity index is 677. The van der Waals surface area contributed by atoms with Crippen molar-refractivity contribution in [2.45, 2.75) is 12.6 Å². The first-order valence-electron chi connectivity index (χ1n) is 6.81. The molecule has 1 aromatic heterocycles. The van der Waals surface area contributed by atoms with Gasteiger partial charge in [-0.3, -0.25) is 4.90 Å². The normalized spacial score (nSPS) is 21.6. The number of rotatable bonds is 2. The largest absolute Gasteiger partial charge is 0.331 e. The Kier molecular flexibility index (Phi) is 3.99. The first-order chi connectivity index (χ1) is 9.54. The highest BCUT2D eigenvalue weighted by Gasteiger charge is 2.23. The third-order valence-corrected chi connectivity index (χ3v) is 4.93. The molecule has 1 aliphatic heterocycles. The SMILES string of the molecule is CN1CCN(C)C(Cn2c(=S)[nH]c3cc(Br)ccc32)C1. The van der Waals surface area contributed by atoms with Gasteiger partial charge in [0.25, 0.3) is 0 Å². The lowest BCUT2D eigenvalue weighted by atomic mass is 10.2. The van der Waals surface area contributed by atoms with Gasteiger partial charge in [0, 0.05) is 36.7 Å². The Labute approximate surface area is 132 Å². The highest BCUT2D eigenvalue weighted by molar-refractivity contribution is 9.10. The molecule has 1 atom stereocenters. The number of aromatic amines is 1. The highest BCUT2D eigenvalue weighted by Crippen LogP contribution is 2.21. The van der Waals surface area contributed by atoms with Crippen molar-refractivity contribution in [2.75, 3.05) is 33.7 Å². The topological polar surface area (TPSA) is 27.2 Å². The number of piperazine rings is 1. The second-order valence-electron chi connectivity index (χ2n) is 5.60. The minimum atomic E-state index is 0.503. The molecule has 6 heteroatoms. The van der Waals surface area contributed by atoms with Crippen molar-refractivity contribution in [3.8, 4) is 0 Å². The van der Waals surface area contributed by atoms with E-state index in [9.17, 15) is 0 Å². The second kappa shape index (κ2) is 5.60. The van der Waals surface area contributed by atoms with Gasteiger partial charge in [0.05, 0.1) is 11.0 Å². The molecule has 1 unspecified atom stereocenters. The van der Waals surface area contributed by atoms with Crippen molar-refractivity contribution in [1.29, 1.82) is 0 Å². The molecule has 1 fully saturated rings. The van der Waals surface area contributed by atoms with Gasteiger partial charge in [-0.2, -0.15) is 0 Å². The van der Waals surface area contributed by atoms with Gasteiger partial charge in [-0.15, -0.1) is 0 Å². The molecule has 3 rings (SSSR count). The lowest BCUT2D eigenvalue weighted by Crippen LogP contribution is -2.51. The monoisotopic (exact) mass is 354 g/mol. The van der Waals surface area contributed by atoms with E-state index in [4.69, 9.17) is 12.2 Å². The van der Waals surface area contributed by atoms with E-state index in [-0.39, 0.29) is 0 Å². The second-order valence-corrected chi connectivity index (χ2v) is 6.90. The van der Waals surface area contributed by atoms with Crippen LogP contribution in [0.4, 0.5) is 0 Å². The van der Waals surface area contributed by atoms with E-state index in [1.807, 2.05) is 0 Å². The van der Waals surface area contributed by atoms with Crippen molar-refractivity contribution in [2.24, 2.45) is 0 Å². The van der Waals surface area contributed by atoms with Crippen LogP contribution in [-0.4, -0.2) is 59.1 Å². The summed E-state index contributed by atoms with van der Waals surface area (Å²) in [7, 11) is 4.39. The van der Waals surface area contributed by atoms with E-state index in [0.717, 1.165) is 40.9 Å². The average Bonchev–Trinajstić information content (AvgIpc) is 2.69. The summed E-state index contributed by atoms with van der Waals surface area (Å²) in [6, 6.07) is 6.78. The van der Waals surface area contributed by atoms with E-state index >= 15 is 0 Å². The molecule has 2 heterocycles. The van der Waals surface area contributed by atoms with Crippen LogP contribution in [0.25, 0.3) is 11.0 Å². The van der Waals surface area contributed by atoms with Crippen molar-refractivity contribution < 1.29 is 0 Å². The molecular formula is C14H19BrN4S. The highest BCUT2D eigenvalue weighted by atomic mass is 79.9. The van der Waals surface area contributed by atoms with Gasteiger partial charge in [-0.25, -0.2) is 0 Å². The van der Waals surface area contributed by atoms with Crippen LogP contribution >= 0.6 is 28.1 Å². The van der Waals surface area contributed by atoms with Crippen LogP contribution in [0.3, 0.4) is 0 Å². The summed E-state index contributed by atoms with van der Waals surface area (Å²) in [5.74, 6) is 0. The third kappa shape index (κ3) is 2.70. The fourth-order valence-corrected chi connectivity index (χ4v) is 3.47. The molecule has 1 saturated heterocycles. The summed E-state index contributed by atoms with van der Waals surface area (Å²) in [5, 5.41) is 0. The number of hydrogen-bond donors (Lipinski definition) is 1. The maximum Gasteiger partial charge on any atom is 0.178 e. The predicted molar refractivity (Wildman–Crippen MR) is 88.7 cm³/mol. The summed E-state index contributed by atoms with van der Waals surface area (Å²) in [5.41, 5.74) is 2.27. The number of likely N-dealkylation sites (N-methyl/N-ethyl adjacent to an activating group) is 2. The molecule has 4 nitrogen and oxygen atoms in total. The minimum Gasteiger partial charge on any atom is -0.331 e. The summed E-state index contributed by atoms with van der Waals surface area (Å²) in [6.07, 6.45) is 0. The zero-order valence-corrected chi connectivity index (χ0v) is 14.2. The van der Waals surface area contributed by atoms with Gasteiger partial charge in [0.15, 0.2) is 4.77 Å². The molecule has 0 saturated carbocycles. The molecule has 1 N–H and O–H groups in total. The van der Waals surface area contributed by atoms with Crippen LogP contribution < -0.4 is 0 Å². The number of halogens is 1. The van der Waals surface area contributed by atoms with Crippen molar-refractivity contribution in [3.05, 3.63) is 27.4 Å². The average molecular weight is 355 g/mol. The molecule has 20 heavy (non-hydrogen) atoms. The van der Waals surface area contributed by atoms with Crippen LogP contribution in [0, 0.1) is 4.77 Å². The molecule has 0 amide bonds. The Balaban J connectivity index is 1.94. The third-order valence-electron chi connectivity index (χ3n) is 4.11. The molecular weight excluding hydrogens is 336 g/mol. The number of nitrogens with one attached hydrogen (secondary N) is 1. The van der Waals surface area contributed by atoms with Crippen LogP contribution in [0.1, 0.15) is 0 Å². The van der Waals surface area contributed by atoms with Gasteiger partial charge < -0.3 is 14.5 Å². The van der Waals surface area contributed by atoms with E-state index in [0.29, 0.717) is 6.04 Å². The zero-order valence-electron chi connectivity index (χ0n) is 11.8. The lowest BCUT2D eigenvalue weighted by molar-refractivity contribution is 0.103. The predicted octanol–water partition coefficient (Wildman–Crippen LogP) is 2.71. The van der Waals surface area contributed by atoms with Crippen molar-refractivity contribution in [1.82, 2.24) is 19.4 Å². The summed E-state index contributed by atoms with van der Waals surface area (Å²) in [6.45, 7) is 4.27. The van der Waals surface area contributed by atoms with E-state index in [1.54, 1.807) is 0 Å². The minimum absolute atomic E-state index is 0.503. The number of aromatic nitrogens is 2. The summed E-state index contributed by atoms with van der Waals surface area (Å²) >= 11 is 9.00. The Morgan fingerprint density at radius 1 is 1.35 bits per heavy atom. The van der Waals surface area contributed by atoms with Crippen molar-refractivity contribution in [3.63, 3.8) is 0 Å². The van der Waals surface area contributed by atoms with Crippen LogP contribution in [-0.2, 0) is 6.54 Å². The van der Waals surface area contributed by atoms with Gasteiger partial charge in [0.1, 0.15) is 0 Å². The number of hydrogen-bond acceptors (Lipinski definition) is 3. The van der Waals surface area contributed by atoms with Crippen LogP contribution in [0.2, 0.25) is 0 Å². The van der Waals surface area contributed by atoms with Gasteiger partial charge >= 0.3 is 0 Å². The van der Waals surface area contributed by atoms with Crippen LogP contribution in [0.15, 0.2) is 22.7 Å². The fourth-order valence-electron chi connectivity index (χ4n) is 2.83. The summed E-state index contributed by atoms with van der Waals surface area (Å²) < 4.78 is 4.10. The molecule has 2 aromatic rings. The lowest BCUT2D eigenvalue weighted by Gasteiger charge is -2.37. The molecule has 0 radical (unpaired) electrons. The number of nitrogens with zero attached hydrogens (tertiary/aromatic N) is 3. The number of fused-ring (bicyclic) bond motifs is 1. The molecule has 0 aliphatic carbocycles. The van der Waals surface area contributed by atoms with Gasteiger partial charge in [0.2, 0.25) is 0 Å². The zero-order chi connectivity index (χ0) is 14.3. The first-order valence-corrected chi connectivity index (χ1v) is 8.01. The number of benzene rings is 1. The first kappa shape index (κ1) is 14.3. The smallest absolute Gasteiger partial charge is 0.178 e. The van der Waals surface area contributed by atoms with E-state index in [1.165, 1.54) is 5.52 Å².